The molecular weight excluding hydrogens is 510 g/mol. The summed E-state index contributed by atoms with van der Waals surface area (Å²) in [7, 11) is 1.63. The van der Waals surface area contributed by atoms with Gasteiger partial charge in [0.15, 0.2) is 18.1 Å². The summed E-state index contributed by atoms with van der Waals surface area (Å²) in [5.41, 5.74) is 4.77. The van der Waals surface area contributed by atoms with Crippen LogP contribution in [0.3, 0.4) is 0 Å². The third-order valence-electron chi connectivity index (χ3n) is 6.68. The second-order valence-electron chi connectivity index (χ2n) is 9.14. The molecule has 0 N–H and O–H groups in total. The van der Waals surface area contributed by atoms with Gasteiger partial charge in [0.05, 0.1) is 48.0 Å². The van der Waals surface area contributed by atoms with E-state index in [0.29, 0.717) is 23.2 Å². The van der Waals surface area contributed by atoms with Crippen molar-refractivity contribution in [2.75, 3.05) is 7.11 Å². The molecule has 1 aliphatic heterocycles. The van der Waals surface area contributed by atoms with Crippen LogP contribution in [0.2, 0.25) is 0 Å². The number of ether oxygens (including phenoxy) is 2. The summed E-state index contributed by atoms with van der Waals surface area (Å²) in [4.78, 5) is 14.9. The minimum atomic E-state index is -0.353. The van der Waals surface area contributed by atoms with Gasteiger partial charge in [-0.05, 0) is 61.0 Å². The maximum atomic E-state index is 6.40. The van der Waals surface area contributed by atoms with Gasteiger partial charge < -0.3 is 18.7 Å². The van der Waals surface area contributed by atoms with Crippen molar-refractivity contribution in [3.63, 3.8) is 0 Å². The van der Waals surface area contributed by atoms with E-state index in [2.05, 4.69) is 15.2 Å². The highest BCUT2D eigenvalue weighted by Crippen LogP contribution is 2.49. The second-order valence-corrected chi connectivity index (χ2v) is 9.14. The average molecular weight is 534 g/mol. The molecule has 0 aliphatic carbocycles. The van der Waals surface area contributed by atoms with Crippen molar-refractivity contribution in [3.8, 4) is 23.2 Å². The first kappa shape index (κ1) is 23.7. The lowest BCUT2D eigenvalue weighted by atomic mass is 9.88. The van der Waals surface area contributed by atoms with Crippen molar-refractivity contribution in [2.45, 2.75) is 19.4 Å². The number of hydrogen-bond acceptors (Lipinski definition) is 9. The lowest BCUT2D eigenvalue weighted by Crippen LogP contribution is -2.15. The van der Waals surface area contributed by atoms with Crippen LogP contribution in [0.25, 0.3) is 11.3 Å². The number of furan rings is 1. The molecule has 4 aromatic heterocycles. The van der Waals surface area contributed by atoms with Crippen LogP contribution in [0.4, 0.5) is 0 Å². The maximum absolute atomic E-state index is 6.40. The zero-order valence-corrected chi connectivity index (χ0v) is 21.6. The number of oxime groups is 1. The van der Waals surface area contributed by atoms with E-state index in [1.54, 1.807) is 35.1 Å². The Morgan fingerprint density at radius 1 is 1.00 bits per heavy atom. The van der Waals surface area contributed by atoms with Gasteiger partial charge in [-0.25, -0.2) is 19.2 Å². The number of aromatic nitrogens is 6. The predicted octanol–water partition coefficient (Wildman–Crippen LogP) is 5.06. The Labute approximate surface area is 228 Å². The quantitative estimate of drug-likeness (QED) is 0.206. The number of nitrogens with zero attached hydrogens (tertiary/aromatic N) is 7. The standard InChI is InChI=1S/C29H23N7O4/c1-18-24-25(22-9-6-14-38-22)26-27-32-23(16-39-31-15-19-10-12-21(37-2)13-11-19)34-35(27)17-30-28(26)40-29(24)36(33-18)20-7-4-3-5-8-20/h3-15,17,25H,16H2,1-2H3/b31-15-/t25-/m1/s1. The fraction of sp³-hybridized carbons (Fsp3) is 0.138. The minimum absolute atomic E-state index is 0.0750. The molecule has 7 rings (SSSR count). The zero-order valence-electron chi connectivity index (χ0n) is 21.6. The summed E-state index contributed by atoms with van der Waals surface area (Å²) < 4.78 is 20.9. The van der Waals surface area contributed by atoms with Gasteiger partial charge in [-0.15, -0.1) is 5.10 Å². The van der Waals surface area contributed by atoms with Crippen molar-refractivity contribution in [2.24, 2.45) is 5.16 Å². The largest absolute Gasteiger partial charge is 0.497 e. The van der Waals surface area contributed by atoms with Crippen LogP contribution in [0.5, 0.6) is 17.5 Å². The van der Waals surface area contributed by atoms with Crippen molar-refractivity contribution >= 4 is 11.9 Å². The molecule has 6 aromatic rings. The minimum Gasteiger partial charge on any atom is -0.497 e. The van der Waals surface area contributed by atoms with Gasteiger partial charge in [0.1, 0.15) is 17.8 Å². The van der Waals surface area contributed by atoms with Crippen LogP contribution in [0.1, 0.15) is 39.9 Å². The van der Waals surface area contributed by atoms with E-state index in [4.69, 9.17) is 28.8 Å². The molecule has 0 bridgehead atoms. The first-order valence-electron chi connectivity index (χ1n) is 12.6. The van der Waals surface area contributed by atoms with E-state index >= 15 is 0 Å². The molecule has 0 unspecified atom stereocenters. The fourth-order valence-corrected chi connectivity index (χ4v) is 4.85. The Balaban J connectivity index is 1.24. The molecule has 0 fully saturated rings. The van der Waals surface area contributed by atoms with E-state index in [9.17, 15) is 0 Å². The Morgan fingerprint density at radius 2 is 1.85 bits per heavy atom. The third-order valence-corrected chi connectivity index (χ3v) is 6.68. The number of aryl methyl sites for hydroxylation is 1. The molecule has 40 heavy (non-hydrogen) atoms. The van der Waals surface area contributed by atoms with Crippen molar-refractivity contribution in [3.05, 3.63) is 113 Å². The van der Waals surface area contributed by atoms with Crippen molar-refractivity contribution in [1.82, 2.24) is 29.4 Å². The second kappa shape index (κ2) is 9.70. The Kier molecular flexibility index (Phi) is 5.73. The average Bonchev–Trinajstić information content (AvgIpc) is 3.74. The highest BCUT2D eigenvalue weighted by Gasteiger charge is 2.39. The number of benzene rings is 2. The SMILES string of the molecule is COc1ccc(/C=N\OCc2nc3c4c(ncn3n2)Oc2c(c(C)nn2-c2ccccc2)[C@H]4c2ccco2)cc1. The smallest absolute Gasteiger partial charge is 0.230 e. The normalized spacial score (nSPS) is 14.2. The van der Waals surface area contributed by atoms with Crippen molar-refractivity contribution in [1.29, 1.82) is 0 Å². The number of fused-ring (bicyclic) bond motifs is 4. The van der Waals surface area contributed by atoms with Gasteiger partial charge in [-0.2, -0.15) is 5.10 Å². The van der Waals surface area contributed by atoms with E-state index < -0.39 is 0 Å². The Bertz CT molecular complexity index is 1820. The molecule has 11 heteroatoms. The summed E-state index contributed by atoms with van der Waals surface area (Å²) in [6, 6.07) is 21.1. The lowest BCUT2D eigenvalue weighted by molar-refractivity contribution is 0.126. The van der Waals surface area contributed by atoms with Crippen LogP contribution in [0.15, 0.2) is 88.9 Å². The highest BCUT2D eigenvalue weighted by molar-refractivity contribution is 5.79. The number of hydrogen-bond donors (Lipinski definition) is 0. The summed E-state index contributed by atoms with van der Waals surface area (Å²) >= 11 is 0. The summed E-state index contributed by atoms with van der Waals surface area (Å²) in [6.45, 7) is 2.03. The van der Waals surface area contributed by atoms with Crippen LogP contribution in [-0.4, -0.2) is 42.7 Å². The molecular formula is C29H23N7O4. The Hall–Kier alpha value is -5.45. The Morgan fingerprint density at radius 3 is 2.62 bits per heavy atom. The topological polar surface area (TPSA) is 114 Å². The molecule has 5 heterocycles. The molecule has 1 aliphatic rings. The first-order valence-corrected chi connectivity index (χ1v) is 12.6. The molecule has 0 spiro atoms. The monoisotopic (exact) mass is 533 g/mol. The maximum Gasteiger partial charge on any atom is 0.230 e. The molecule has 0 saturated carbocycles. The fourth-order valence-electron chi connectivity index (χ4n) is 4.85. The van der Waals surface area contributed by atoms with Gasteiger partial charge in [-0.3, -0.25) is 0 Å². The first-order chi connectivity index (χ1) is 19.7. The van der Waals surface area contributed by atoms with Gasteiger partial charge in [0.25, 0.3) is 0 Å². The molecule has 11 nitrogen and oxygen atoms in total. The van der Waals surface area contributed by atoms with Crippen LogP contribution < -0.4 is 9.47 Å². The molecule has 198 valence electrons. The summed E-state index contributed by atoms with van der Waals surface area (Å²) in [5.74, 6) is 2.59. The lowest BCUT2D eigenvalue weighted by Gasteiger charge is -2.24. The molecule has 0 saturated heterocycles. The predicted molar refractivity (Wildman–Crippen MR) is 144 cm³/mol. The van der Waals surface area contributed by atoms with Crippen LogP contribution in [-0.2, 0) is 11.4 Å². The van der Waals surface area contributed by atoms with E-state index in [-0.39, 0.29) is 12.5 Å². The number of para-hydroxylation sites is 1. The zero-order chi connectivity index (χ0) is 27.1. The van der Waals surface area contributed by atoms with Gasteiger partial charge in [-0.1, -0.05) is 23.4 Å². The van der Waals surface area contributed by atoms with Crippen LogP contribution in [0, 0.1) is 6.92 Å². The van der Waals surface area contributed by atoms with Crippen molar-refractivity contribution < 1.29 is 18.7 Å². The van der Waals surface area contributed by atoms with Gasteiger partial charge >= 0.3 is 0 Å². The summed E-state index contributed by atoms with van der Waals surface area (Å²) in [6.07, 6.45) is 4.85. The summed E-state index contributed by atoms with van der Waals surface area (Å²) in [5, 5.41) is 13.4. The third kappa shape index (κ3) is 4.04. The van der Waals surface area contributed by atoms with Gasteiger partial charge in [0.2, 0.25) is 11.8 Å². The number of methoxy groups -OCH3 is 1. The number of rotatable bonds is 7. The molecule has 0 radical (unpaired) electrons. The van der Waals surface area contributed by atoms with Gasteiger partial charge in [0, 0.05) is 0 Å². The highest BCUT2D eigenvalue weighted by atomic mass is 16.6. The molecule has 2 aromatic carbocycles. The van der Waals surface area contributed by atoms with Crippen LogP contribution >= 0.6 is 0 Å². The van der Waals surface area contributed by atoms with E-state index in [1.807, 2.05) is 73.7 Å². The molecule has 1 atom stereocenters. The molecule has 0 amide bonds. The van der Waals surface area contributed by atoms with E-state index in [0.717, 1.165) is 39.6 Å². The van der Waals surface area contributed by atoms with E-state index in [1.165, 1.54) is 0 Å².